The Balaban J connectivity index is 2.38. The molecule has 1 aromatic carbocycles. The first-order valence-electron chi connectivity index (χ1n) is 6.56. The van der Waals surface area contributed by atoms with E-state index in [2.05, 4.69) is 10.3 Å². The topological polar surface area (TPSA) is 43.4 Å². The lowest BCUT2D eigenvalue weighted by Crippen LogP contribution is -2.09. The summed E-state index contributed by atoms with van der Waals surface area (Å²) in [4.78, 5) is 4.38. The molecule has 0 aliphatic rings. The molecule has 0 aliphatic carbocycles. The molecule has 0 radical (unpaired) electrons. The summed E-state index contributed by atoms with van der Waals surface area (Å²) in [5.41, 5.74) is 3.42. The number of nitrogens with zero attached hydrogens (tertiary/aromatic N) is 1. The molecule has 4 heteroatoms. The Labute approximate surface area is 119 Å². The van der Waals surface area contributed by atoms with Crippen molar-refractivity contribution in [3.8, 4) is 11.5 Å². The maximum atomic E-state index is 5.38. The van der Waals surface area contributed by atoms with Crippen LogP contribution in [0, 0.1) is 0 Å². The Bertz CT molecular complexity index is 556. The van der Waals surface area contributed by atoms with Gasteiger partial charge in [0.1, 0.15) is 0 Å². The average Bonchev–Trinajstić information content (AvgIpc) is 2.49. The smallest absolute Gasteiger partial charge is 0.161 e. The molecule has 0 unspecified atom stereocenters. The third kappa shape index (κ3) is 3.27. The zero-order valence-electron chi connectivity index (χ0n) is 12.1. The van der Waals surface area contributed by atoms with E-state index >= 15 is 0 Å². The van der Waals surface area contributed by atoms with Gasteiger partial charge in [-0.3, -0.25) is 4.98 Å². The lowest BCUT2D eigenvalue weighted by Gasteiger charge is -2.14. The highest BCUT2D eigenvalue weighted by Crippen LogP contribution is 2.31. The number of benzene rings is 1. The van der Waals surface area contributed by atoms with Crippen LogP contribution < -0.4 is 14.8 Å². The van der Waals surface area contributed by atoms with E-state index in [1.807, 2.05) is 43.6 Å². The van der Waals surface area contributed by atoms with Crippen LogP contribution in [0.4, 0.5) is 0 Å². The second-order valence-corrected chi connectivity index (χ2v) is 4.50. The number of rotatable bonds is 6. The van der Waals surface area contributed by atoms with E-state index in [-0.39, 0.29) is 0 Å². The molecule has 2 aromatic rings. The number of pyridine rings is 1. The Kier molecular flexibility index (Phi) is 4.96. The monoisotopic (exact) mass is 272 g/mol. The number of nitrogens with one attached hydrogen (secondary N) is 1. The lowest BCUT2D eigenvalue weighted by molar-refractivity contribution is 0.354. The molecule has 1 N–H and O–H groups in total. The molecule has 0 saturated carbocycles. The maximum absolute atomic E-state index is 5.38. The van der Waals surface area contributed by atoms with Gasteiger partial charge in [-0.1, -0.05) is 6.07 Å². The molecule has 1 heterocycles. The van der Waals surface area contributed by atoms with Gasteiger partial charge in [-0.15, -0.1) is 0 Å². The molecule has 0 bridgehead atoms. The minimum absolute atomic E-state index is 0.748. The molecule has 0 saturated heterocycles. The van der Waals surface area contributed by atoms with Crippen molar-refractivity contribution in [2.24, 2.45) is 0 Å². The summed E-state index contributed by atoms with van der Waals surface area (Å²) in [5, 5.41) is 3.18. The summed E-state index contributed by atoms with van der Waals surface area (Å²) in [6.07, 6.45) is 2.59. The second-order valence-electron chi connectivity index (χ2n) is 4.50. The zero-order valence-corrected chi connectivity index (χ0v) is 12.1. The normalized spacial score (nSPS) is 10.3. The van der Waals surface area contributed by atoms with Gasteiger partial charge >= 0.3 is 0 Å². The Morgan fingerprint density at radius 3 is 2.30 bits per heavy atom. The molecular weight excluding hydrogens is 252 g/mol. The number of ether oxygens (including phenoxy) is 2. The van der Waals surface area contributed by atoms with Gasteiger partial charge in [-0.2, -0.15) is 0 Å². The molecule has 0 spiro atoms. The highest BCUT2D eigenvalue weighted by atomic mass is 16.5. The van der Waals surface area contributed by atoms with Gasteiger partial charge in [0.15, 0.2) is 11.5 Å². The summed E-state index contributed by atoms with van der Waals surface area (Å²) in [5.74, 6) is 1.50. The van der Waals surface area contributed by atoms with Crippen LogP contribution in [-0.4, -0.2) is 26.3 Å². The molecular formula is C16H20N2O2. The molecule has 1 aromatic heterocycles. The van der Waals surface area contributed by atoms with Crippen molar-refractivity contribution >= 4 is 0 Å². The fraction of sp³-hybridized carbons (Fsp3) is 0.312. The van der Waals surface area contributed by atoms with Crippen LogP contribution in [0.25, 0.3) is 0 Å². The first-order valence-corrected chi connectivity index (χ1v) is 6.56. The molecule has 20 heavy (non-hydrogen) atoms. The zero-order chi connectivity index (χ0) is 14.4. The van der Waals surface area contributed by atoms with Crippen LogP contribution in [0.3, 0.4) is 0 Å². The summed E-state index contributed by atoms with van der Waals surface area (Å²) in [6.45, 7) is 0.780. The van der Waals surface area contributed by atoms with Gasteiger partial charge in [0.25, 0.3) is 0 Å². The predicted octanol–water partition coefficient (Wildman–Crippen LogP) is 2.41. The van der Waals surface area contributed by atoms with Gasteiger partial charge in [0.05, 0.1) is 14.2 Å². The Morgan fingerprint density at radius 2 is 1.75 bits per heavy atom. The van der Waals surface area contributed by atoms with Crippen LogP contribution in [0.2, 0.25) is 0 Å². The minimum Gasteiger partial charge on any atom is -0.493 e. The maximum Gasteiger partial charge on any atom is 0.161 e. The minimum atomic E-state index is 0.748. The van der Waals surface area contributed by atoms with Gasteiger partial charge in [-0.05, 0) is 42.4 Å². The van der Waals surface area contributed by atoms with Crippen molar-refractivity contribution in [3.63, 3.8) is 0 Å². The van der Waals surface area contributed by atoms with Crippen LogP contribution in [0.1, 0.15) is 16.8 Å². The van der Waals surface area contributed by atoms with Crippen molar-refractivity contribution in [2.75, 3.05) is 21.3 Å². The van der Waals surface area contributed by atoms with E-state index in [0.29, 0.717) is 0 Å². The summed E-state index contributed by atoms with van der Waals surface area (Å²) in [6, 6.07) is 10.0. The van der Waals surface area contributed by atoms with Crippen molar-refractivity contribution < 1.29 is 9.47 Å². The van der Waals surface area contributed by atoms with Crippen molar-refractivity contribution in [2.45, 2.75) is 13.0 Å². The second kappa shape index (κ2) is 6.91. The third-order valence-corrected chi connectivity index (χ3v) is 3.17. The molecule has 2 rings (SSSR count). The number of methoxy groups -OCH3 is 2. The van der Waals surface area contributed by atoms with Crippen LogP contribution in [0.15, 0.2) is 36.5 Å². The van der Waals surface area contributed by atoms with Crippen LogP contribution in [-0.2, 0) is 13.0 Å². The molecule has 0 atom stereocenters. The van der Waals surface area contributed by atoms with Crippen molar-refractivity contribution in [3.05, 3.63) is 53.3 Å². The summed E-state index contributed by atoms with van der Waals surface area (Å²) in [7, 11) is 5.24. The van der Waals surface area contributed by atoms with Crippen molar-refractivity contribution in [1.82, 2.24) is 10.3 Å². The van der Waals surface area contributed by atoms with Crippen molar-refractivity contribution in [1.29, 1.82) is 0 Å². The first-order chi connectivity index (χ1) is 9.78. The summed E-state index contributed by atoms with van der Waals surface area (Å²) >= 11 is 0. The van der Waals surface area contributed by atoms with E-state index in [9.17, 15) is 0 Å². The largest absolute Gasteiger partial charge is 0.493 e. The SMILES string of the molecule is CNCc1cc(OC)c(OC)cc1Cc1ccccn1. The van der Waals surface area contributed by atoms with Gasteiger partial charge in [0, 0.05) is 24.9 Å². The first kappa shape index (κ1) is 14.3. The standard InChI is InChI=1S/C16H20N2O2/c1-17-11-13-10-16(20-3)15(19-2)9-12(13)8-14-6-4-5-7-18-14/h4-7,9-10,17H,8,11H2,1-3H3. The number of hydrogen-bond acceptors (Lipinski definition) is 4. The highest BCUT2D eigenvalue weighted by molar-refractivity contribution is 5.48. The third-order valence-electron chi connectivity index (χ3n) is 3.17. The number of hydrogen-bond donors (Lipinski definition) is 1. The molecule has 0 fully saturated rings. The fourth-order valence-corrected chi connectivity index (χ4v) is 2.18. The Morgan fingerprint density at radius 1 is 1.05 bits per heavy atom. The van der Waals surface area contributed by atoms with Gasteiger partial charge in [-0.25, -0.2) is 0 Å². The predicted molar refractivity (Wildman–Crippen MR) is 79.4 cm³/mol. The van der Waals surface area contributed by atoms with E-state index in [0.717, 1.165) is 30.2 Å². The van der Waals surface area contributed by atoms with Crippen LogP contribution >= 0.6 is 0 Å². The number of aromatic nitrogens is 1. The van der Waals surface area contributed by atoms with Gasteiger partial charge in [0.2, 0.25) is 0 Å². The van der Waals surface area contributed by atoms with E-state index in [1.54, 1.807) is 14.2 Å². The molecule has 0 aliphatic heterocycles. The quantitative estimate of drug-likeness (QED) is 0.877. The molecule has 4 nitrogen and oxygen atoms in total. The summed E-state index contributed by atoms with van der Waals surface area (Å²) < 4.78 is 10.7. The van der Waals surface area contributed by atoms with Crippen LogP contribution in [0.5, 0.6) is 11.5 Å². The highest BCUT2D eigenvalue weighted by Gasteiger charge is 2.11. The lowest BCUT2D eigenvalue weighted by atomic mass is 10.0. The van der Waals surface area contributed by atoms with E-state index in [4.69, 9.17) is 9.47 Å². The molecule has 106 valence electrons. The Hall–Kier alpha value is -2.07. The van der Waals surface area contributed by atoms with E-state index < -0.39 is 0 Å². The average molecular weight is 272 g/mol. The fourth-order valence-electron chi connectivity index (χ4n) is 2.18. The molecule has 0 amide bonds. The van der Waals surface area contributed by atoms with Gasteiger partial charge < -0.3 is 14.8 Å². The van der Waals surface area contributed by atoms with E-state index in [1.165, 1.54) is 11.1 Å².